The van der Waals surface area contributed by atoms with Crippen LogP contribution in [-0.4, -0.2) is 30.9 Å². The van der Waals surface area contributed by atoms with Gasteiger partial charge in [-0.25, -0.2) is 4.79 Å². The number of ether oxygens (including phenoxy) is 1. The highest BCUT2D eigenvalue weighted by molar-refractivity contribution is 5.91. The third kappa shape index (κ3) is 9.96. The van der Waals surface area contributed by atoms with Gasteiger partial charge in [-0.15, -0.1) is 0 Å². The first-order valence-electron chi connectivity index (χ1n) is 8.50. The molecule has 0 unspecified atom stereocenters. The molecule has 0 aliphatic rings. The molecule has 0 bridgehead atoms. The molecule has 1 rings (SSSR count). The molecule has 6 nitrogen and oxygen atoms in total. The fraction of sp³-hybridized carbons (Fsp3) is 0.421. The molecule has 6 heteroatoms. The Kier molecular flexibility index (Phi) is 9.67. The lowest BCUT2D eigenvalue weighted by Crippen LogP contribution is -2.20. The summed E-state index contributed by atoms with van der Waals surface area (Å²) < 4.78 is 4.81. The van der Waals surface area contributed by atoms with E-state index < -0.39 is 0 Å². The van der Waals surface area contributed by atoms with Gasteiger partial charge in [0, 0.05) is 31.7 Å². The molecule has 136 valence electrons. The van der Waals surface area contributed by atoms with Gasteiger partial charge in [-0.05, 0) is 43.5 Å². The number of carbonyl (C=O) groups excluding carboxylic acids is 3. The highest BCUT2D eigenvalue weighted by Gasteiger charge is 2.02. The summed E-state index contributed by atoms with van der Waals surface area (Å²) in [5.74, 6) is -0.439. The summed E-state index contributed by atoms with van der Waals surface area (Å²) in [4.78, 5) is 33.8. The maximum absolute atomic E-state index is 11.9. The van der Waals surface area contributed by atoms with E-state index in [1.165, 1.54) is 13.0 Å². The largest absolute Gasteiger partial charge is 0.463 e. The molecule has 0 radical (unpaired) electrons. The number of unbranched alkanes of at least 4 members (excludes halogenated alkanes) is 2. The highest BCUT2D eigenvalue weighted by atomic mass is 16.5. The van der Waals surface area contributed by atoms with Crippen LogP contribution in [0.25, 0.3) is 6.08 Å². The fourth-order valence-corrected chi connectivity index (χ4v) is 2.11. The minimum absolute atomic E-state index is 0.0294. The summed E-state index contributed by atoms with van der Waals surface area (Å²) >= 11 is 0. The van der Waals surface area contributed by atoms with Crippen LogP contribution in [-0.2, 0) is 19.1 Å². The first-order chi connectivity index (χ1) is 12.0. The lowest BCUT2D eigenvalue weighted by atomic mass is 10.1. The van der Waals surface area contributed by atoms with E-state index in [9.17, 15) is 14.4 Å². The number of benzene rings is 1. The van der Waals surface area contributed by atoms with Crippen molar-refractivity contribution >= 4 is 29.5 Å². The molecule has 0 saturated carbocycles. The molecule has 0 fully saturated rings. The third-order valence-corrected chi connectivity index (χ3v) is 3.35. The molecule has 25 heavy (non-hydrogen) atoms. The molecule has 0 aliphatic carbocycles. The number of nitrogens with one attached hydrogen (secondary N) is 2. The van der Waals surface area contributed by atoms with Crippen molar-refractivity contribution in [3.05, 3.63) is 35.9 Å². The van der Waals surface area contributed by atoms with Gasteiger partial charge in [0.15, 0.2) is 0 Å². The van der Waals surface area contributed by atoms with Crippen LogP contribution in [0.4, 0.5) is 5.69 Å². The quantitative estimate of drug-likeness (QED) is 0.387. The Morgan fingerprint density at radius 2 is 1.80 bits per heavy atom. The molecule has 2 N–H and O–H groups in total. The van der Waals surface area contributed by atoms with Crippen molar-refractivity contribution in [1.82, 2.24) is 5.32 Å². The van der Waals surface area contributed by atoms with Crippen molar-refractivity contribution in [3.63, 3.8) is 0 Å². The van der Waals surface area contributed by atoms with Crippen LogP contribution in [0.2, 0.25) is 0 Å². The Labute approximate surface area is 148 Å². The SMILES string of the molecule is CCOC(=O)/C=C/c1ccc(NC(=O)CCCCCNC(C)=O)cc1. The molecule has 0 aromatic heterocycles. The van der Waals surface area contributed by atoms with Gasteiger partial charge in [-0.1, -0.05) is 18.6 Å². The average Bonchev–Trinajstić information content (AvgIpc) is 2.57. The molecule has 1 aromatic rings. The van der Waals surface area contributed by atoms with Crippen LogP contribution in [0.15, 0.2) is 30.3 Å². The second kappa shape index (κ2) is 11.8. The molecular weight excluding hydrogens is 320 g/mol. The second-order valence-corrected chi connectivity index (χ2v) is 5.55. The second-order valence-electron chi connectivity index (χ2n) is 5.55. The van der Waals surface area contributed by atoms with Crippen molar-refractivity contribution in [2.45, 2.75) is 39.5 Å². The summed E-state index contributed by atoms with van der Waals surface area (Å²) in [6.45, 7) is 4.25. The van der Waals surface area contributed by atoms with Crippen LogP contribution in [0, 0.1) is 0 Å². The molecule has 0 atom stereocenters. The Hall–Kier alpha value is -2.63. The Morgan fingerprint density at radius 1 is 1.08 bits per heavy atom. The summed E-state index contributed by atoms with van der Waals surface area (Å²) in [5, 5.41) is 5.57. The zero-order valence-corrected chi connectivity index (χ0v) is 14.8. The zero-order chi connectivity index (χ0) is 18.5. The molecule has 2 amide bonds. The van der Waals surface area contributed by atoms with Gasteiger partial charge in [0.1, 0.15) is 0 Å². The van der Waals surface area contributed by atoms with Crippen LogP contribution in [0.5, 0.6) is 0 Å². The topological polar surface area (TPSA) is 84.5 Å². The minimum Gasteiger partial charge on any atom is -0.463 e. The number of hydrogen-bond donors (Lipinski definition) is 2. The van der Waals surface area contributed by atoms with Crippen molar-refractivity contribution in [2.24, 2.45) is 0 Å². The third-order valence-electron chi connectivity index (χ3n) is 3.35. The van der Waals surface area contributed by atoms with Crippen molar-refractivity contribution in [3.8, 4) is 0 Å². The summed E-state index contributed by atoms with van der Waals surface area (Å²) in [6.07, 6.45) is 6.03. The lowest BCUT2D eigenvalue weighted by Gasteiger charge is -2.06. The van der Waals surface area contributed by atoms with E-state index in [-0.39, 0.29) is 17.8 Å². The Morgan fingerprint density at radius 3 is 2.44 bits per heavy atom. The smallest absolute Gasteiger partial charge is 0.330 e. The molecule has 0 aliphatic heterocycles. The van der Waals surface area contributed by atoms with Gasteiger partial charge < -0.3 is 15.4 Å². The van der Waals surface area contributed by atoms with E-state index in [0.717, 1.165) is 30.5 Å². The summed E-state index contributed by atoms with van der Waals surface area (Å²) in [7, 11) is 0. The molecule has 0 heterocycles. The van der Waals surface area contributed by atoms with Gasteiger partial charge in [-0.3, -0.25) is 9.59 Å². The number of rotatable bonds is 10. The predicted octanol–water partition coefficient (Wildman–Crippen LogP) is 2.90. The van der Waals surface area contributed by atoms with Gasteiger partial charge in [-0.2, -0.15) is 0 Å². The maximum atomic E-state index is 11.9. The fourth-order valence-electron chi connectivity index (χ4n) is 2.11. The number of hydrogen-bond acceptors (Lipinski definition) is 4. The Balaban J connectivity index is 2.29. The molecule has 0 spiro atoms. The van der Waals surface area contributed by atoms with Gasteiger partial charge in [0.05, 0.1) is 6.61 Å². The monoisotopic (exact) mass is 346 g/mol. The lowest BCUT2D eigenvalue weighted by molar-refractivity contribution is -0.137. The number of esters is 1. The first kappa shape index (κ1) is 20.4. The maximum Gasteiger partial charge on any atom is 0.330 e. The zero-order valence-electron chi connectivity index (χ0n) is 14.8. The van der Waals surface area contributed by atoms with E-state index in [2.05, 4.69) is 10.6 Å². The summed E-state index contributed by atoms with van der Waals surface area (Å²) in [5.41, 5.74) is 1.57. The number of amides is 2. The predicted molar refractivity (Wildman–Crippen MR) is 97.9 cm³/mol. The van der Waals surface area contributed by atoms with Crippen LogP contribution >= 0.6 is 0 Å². The van der Waals surface area contributed by atoms with Gasteiger partial charge in [0.25, 0.3) is 0 Å². The van der Waals surface area contributed by atoms with E-state index >= 15 is 0 Å². The summed E-state index contributed by atoms with van der Waals surface area (Å²) in [6, 6.07) is 7.22. The van der Waals surface area contributed by atoms with Crippen LogP contribution in [0.3, 0.4) is 0 Å². The standard InChI is InChI=1S/C19H26N2O4/c1-3-25-19(24)13-10-16-8-11-17(12-9-16)21-18(23)7-5-4-6-14-20-15(2)22/h8-13H,3-7,14H2,1-2H3,(H,20,22)(H,21,23)/b13-10+. The van der Waals surface area contributed by atoms with Crippen molar-refractivity contribution < 1.29 is 19.1 Å². The van der Waals surface area contributed by atoms with Gasteiger partial charge in [0.2, 0.25) is 11.8 Å². The van der Waals surface area contributed by atoms with E-state index in [1.54, 1.807) is 25.1 Å². The van der Waals surface area contributed by atoms with Crippen molar-refractivity contribution in [2.75, 3.05) is 18.5 Å². The number of anilines is 1. The van der Waals surface area contributed by atoms with Crippen LogP contribution < -0.4 is 10.6 Å². The number of carbonyl (C=O) groups is 3. The van der Waals surface area contributed by atoms with E-state index in [1.807, 2.05) is 12.1 Å². The average molecular weight is 346 g/mol. The van der Waals surface area contributed by atoms with Crippen LogP contribution in [0.1, 0.15) is 45.1 Å². The van der Waals surface area contributed by atoms with Gasteiger partial charge >= 0.3 is 5.97 Å². The minimum atomic E-state index is -0.376. The molecule has 1 aromatic carbocycles. The van der Waals surface area contributed by atoms with Crippen molar-refractivity contribution in [1.29, 1.82) is 0 Å². The first-order valence-corrected chi connectivity index (χ1v) is 8.50. The Bertz CT molecular complexity index is 594. The molecular formula is C19H26N2O4. The van der Waals surface area contributed by atoms with E-state index in [4.69, 9.17) is 4.74 Å². The molecule has 0 saturated heterocycles. The highest BCUT2D eigenvalue weighted by Crippen LogP contribution is 2.12. The normalized spacial score (nSPS) is 10.5. The van der Waals surface area contributed by atoms with E-state index in [0.29, 0.717) is 19.6 Å².